The number of carbonyl (C=O) groups excluding carboxylic acids is 2. The second kappa shape index (κ2) is 7.62. The SMILES string of the molecule is CCOC(=O)c1c(C)[nH]c(/C(C)=N/NC(=O)CC23CC4CC(CC(C4)C2)C3)c1C. The minimum atomic E-state index is -0.330. The minimum absolute atomic E-state index is 0.0119. The first-order valence-corrected chi connectivity index (χ1v) is 11.0. The Morgan fingerprint density at radius 1 is 1.14 bits per heavy atom. The number of nitrogens with one attached hydrogen (secondary N) is 2. The third-order valence-corrected chi connectivity index (χ3v) is 7.33. The molecular formula is C23H33N3O3. The zero-order valence-corrected chi connectivity index (χ0v) is 18.1. The van der Waals surface area contributed by atoms with Crippen LogP contribution in [0.25, 0.3) is 0 Å². The second-order valence-corrected chi connectivity index (χ2v) is 9.67. The molecular weight excluding hydrogens is 366 g/mol. The lowest BCUT2D eigenvalue weighted by Crippen LogP contribution is -2.47. The summed E-state index contributed by atoms with van der Waals surface area (Å²) in [6.45, 7) is 7.70. The van der Waals surface area contributed by atoms with Gasteiger partial charge >= 0.3 is 5.97 Å². The normalized spacial score (nSPS) is 30.5. The second-order valence-electron chi connectivity index (χ2n) is 9.67. The van der Waals surface area contributed by atoms with E-state index in [1.54, 1.807) is 6.92 Å². The van der Waals surface area contributed by atoms with Crippen molar-refractivity contribution in [3.63, 3.8) is 0 Å². The maximum atomic E-state index is 12.7. The van der Waals surface area contributed by atoms with Crippen LogP contribution in [0.5, 0.6) is 0 Å². The Hall–Kier alpha value is -2.11. The molecule has 5 rings (SSSR count). The average molecular weight is 400 g/mol. The fraction of sp³-hybridized carbons (Fsp3) is 0.696. The summed E-state index contributed by atoms with van der Waals surface area (Å²) in [7, 11) is 0. The molecule has 4 aliphatic rings. The summed E-state index contributed by atoms with van der Waals surface area (Å²) >= 11 is 0. The first kappa shape index (κ1) is 20.2. The highest BCUT2D eigenvalue weighted by atomic mass is 16.5. The lowest BCUT2D eigenvalue weighted by molar-refractivity contribution is -0.129. The van der Waals surface area contributed by atoms with Crippen LogP contribution < -0.4 is 5.43 Å². The van der Waals surface area contributed by atoms with E-state index in [2.05, 4.69) is 15.5 Å². The minimum Gasteiger partial charge on any atom is -0.462 e. The van der Waals surface area contributed by atoms with Crippen molar-refractivity contribution in [2.24, 2.45) is 28.3 Å². The van der Waals surface area contributed by atoms with Crippen molar-refractivity contribution in [1.82, 2.24) is 10.4 Å². The number of nitrogens with zero attached hydrogens (tertiary/aromatic N) is 1. The van der Waals surface area contributed by atoms with Gasteiger partial charge in [0.2, 0.25) is 5.91 Å². The smallest absolute Gasteiger partial charge is 0.340 e. The summed E-state index contributed by atoms with van der Waals surface area (Å²) in [6, 6.07) is 0. The van der Waals surface area contributed by atoms with Crippen molar-refractivity contribution in [1.29, 1.82) is 0 Å². The highest BCUT2D eigenvalue weighted by Crippen LogP contribution is 2.61. The Morgan fingerprint density at radius 2 is 1.72 bits per heavy atom. The van der Waals surface area contributed by atoms with Crippen molar-refractivity contribution < 1.29 is 14.3 Å². The van der Waals surface area contributed by atoms with E-state index in [-0.39, 0.29) is 17.3 Å². The van der Waals surface area contributed by atoms with Gasteiger partial charge in [-0.2, -0.15) is 5.10 Å². The third kappa shape index (κ3) is 3.86. The van der Waals surface area contributed by atoms with E-state index in [4.69, 9.17) is 4.74 Å². The molecule has 0 spiro atoms. The number of carbonyl (C=O) groups is 2. The van der Waals surface area contributed by atoms with Gasteiger partial charge in [0, 0.05) is 12.1 Å². The van der Waals surface area contributed by atoms with Gasteiger partial charge < -0.3 is 9.72 Å². The molecule has 1 amide bonds. The Labute approximate surface area is 172 Å². The number of aromatic amines is 1. The molecule has 4 fully saturated rings. The van der Waals surface area contributed by atoms with E-state index in [0.717, 1.165) is 34.7 Å². The first-order valence-electron chi connectivity index (χ1n) is 11.0. The Bertz CT molecular complexity index is 817. The van der Waals surface area contributed by atoms with Gasteiger partial charge in [-0.3, -0.25) is 4.79 Å². The Balaban J connectivity index is 1.42. The molecule has 0 aromatic carbocycles. The number of hydrogen-bond acceptors (Lipinski definition) is 4. The predicted octanol–water partition coefficient (Wildman–Crippen LogP) is 4.25. The van der Waals surface area contributed by atoms with Crippen LogP contribution in [-0.2, 0) is 9.53 Å². The zero-order chi connectivity index (χ0) is 20.8. The van der Waals surface area contributed by atoms with Gasteiger partial charge in [-0.05, 0) is 95.0 Å². The van der Waals surface area contributed by atoms with Crippen LogP contribution in [0.2, 0.25) is 0 Å². The van der Waals surface area contributed by atoms with Crippen molar-refractivity contribution >= 4 is 17.6 Å². The lowest BCUT2D eigenvalue weighted by atomic mass is 9.49. The van der Waals surface area contributed by atoms with Gasteiger partial charge in [0.25, 0.3) is 0 Å². The summed E-state index contributed by atoms with van der Waals surface area (Å²) in [4.78, 5) is 28.1. The van der Waals surface area contributed by atoms with Crippen molar-refractivity contribution in [2.45, 2.75) is 72.6 Å². The number of hydrogen-bond donors (Lipinski definition) is 2. The van der Waals surface area contributed by atoms with E-state index >= 15 is 0 Å². The van der Waals surface area contributed by atoms with Crippen molar-refractivity contribution in [3.05, 3.63) is 22.5 Å². The summed E-state index contributed by atoms with van der Waals surface area (Å²) in [5, 5.41) is 4.35. The summed E-state index contributed by atoms with van der Waals surface area (Å²) in [6.07, 6.45) is 8.38. The van der Waals surface area contributed by atoms with Gasteiger partial charge in [0.05, 0.1) is 23.6 Å². The molecule has 6 nitrogen and oxygen atoms in total. The van der Waals surface area contributed by atoms with E-state index in [9.17, 15) is 9.59 Å². The highest BCUT2D eigenvalue weighted by molar-refractivity contribution is 6.03. The monoisotopic (exact) mass is 399 g/mol. The number of ether oxygens (including phenoxy) is 1. The Morgan fingerprint density at radius 3 is 2.28 bits per heavy atom. The standard InChI is InChI=1S/C23H33N3O3/c1-5-29-22(28)20-13(2)21(24-14(20)3)15(4)25-26-19(27)12-23-9-16-6-17(10-23)8-18(7-16)11-23/h16-18,24H,5-12H2,1-4H3,(H,26,27)/b25-15+. The van der Waals surface area contributed by atoms with Crippen LogP contribution in [0.1, 0.15) is 86.1 Å². The molecule has 4 aliphatic carbocycles. The molecule has 0 atom stereocenters. The average Bonchev–Trinajstić information content (AvgIpc) is 2.92. The topological polar surface area (TPSA) is 83.6 Å². The maximum Gasteiger partial charge on any atom is 0.340 e. The van der Waals surface area contributed by atoms with E-state index in [0.29, 0.717) is 24.3 Å². The van der Waals surface area contributed by atoms with E-state index in [1.807, 2.05) is 20.8 Å². The predicted molar refractivity (Wildman–Crippen MR) is 112 cm³/mol. The number of rotatable bonds is 6. The molecule has 29 heavy (non-hydrogen) atoms. The molecule has 4 saturated carbocycles. The fourth-order valence-electron chi connectivity index (χ4n) is 6.71. The van der Waals surface area contributed by atoms with Crippen LogP contribution in [0.3, 0.4) is 0 Å². The molecule has 0 unspecified atom stereocenters. The summed E-state index contributed by atoms with van der Waals surface area (Å²) in [5.74, 6) is 2.20. The largest absolute Gasteiger partial charge is 0.462 e. The molecule has 1 heterocycles. The number of amides is 1. The third-order valence-electron chi connectivity index (χ3n) is 7.33. The quantitative estimate of drug-likeness (QED) is 0.426. The Kier molecular flexibility index (Phi) is 5.30. The number of H-pyrrole nitrogens is 1. The molecule has 0 saturated heterocycles. The van der Waals surface area contributed by atoms with Gasteiger partial charge in [0.1, 0.15) is 0 Å². The van der Waals surface area contributed by atoms with Crippen LogP contribution >= 0.6 is 0 Å². The van der Waals surface area contributed by atoms with E-state index in [1.165, 1.54) is 38.5 Å². The van der Waals surface area contributed by atoms with Gasteiger partial charge in [-0.25, -0.2) is 10.2 Å². The highest BCUT2D eigenvalue weighted by Gasteiger charge is 2.51. The molecule has 0 radical (unpaired) electrons. The first-order chi connectivity index (χ1) is 13.8. The number of aryl methyl sites for hydroxylation is 1. The van der Waals surface area contributed by atoms with Crippen LogP contribution in [0, 0.1) is 37.0 Å². The number of esters is 1. The fourth-order valence-corrected chi connectivity index (χ4v) is 6.71. The molecule has 158 valence electrons. The van der Waals surface area contributed by atoms with E-state index < -0.39 is 0 Å². The molecule has 1 aromatic heterocycles. The van der Waals surface area contributed by atoms with Gasteiger partial charge in [-0.1, -0.05) is 0 Å². The van der Waals surface area contributed by atoms with Crippen molar-refractivity contribution in [2.75, 3.05) is 6.61 Å². The number of aromatic nitrogens is 1. The number of hydrazone groups is 1. The summed E-state index contributed by atoms with van der Waals surface area (Å²) < 4.78 is 5.15. The maximum absolute atomic E-state index is 12.7. The zero-order valence-electron chi connectivity index (χ0n) is 18.1. The van der Waals surface area contributed by atoms with Gasteiger partial charge in [0.15, 0.2) is 0 Å². The van der Waals surface area contributed by atoms with Crippen molar-refractivity contribution in [3.8, 4) is 0 Å². The summed E-state index contributed by atoms with van der Waals surface area (Å²) in [5.41, 5.74) is 6.53. The molecule has 1 aromatic rings. The van der Waals surface area contributed by atoms with Gasteiger partial charge in [-0.15, -0.1) is 0 Å². The lowest BCUT2D eigenvalue weighted by Gasteiger charge is -2.56. The molecule has 0 aliphatic heterocycles. The molecule has 4 bridgehead atoms. The molecule has 2 N–H and O–H groups in total. The van der Waals surface area contributed by atoms with Crippen LogP contribution in [-0.4, -0.2) is 29.2 Å². The molecule has 6 heteroatoms. The van der Waals surface area contributed by atoms with Crippen LogP contribution in [0.15, 0.2) is 5.10 Å². The van der Waals surface area contributed by atoms with Crippen LogP contribution in [0.4, 0.5) is 0 Å².